The second-order valence-electron chi connectivity index (χ2n) is 7.02. The minimum atomic E-state index is 0.00638. The number of likely N-dealkylation sites (tertiary alicyclic amines) is 1. The Kier molecular flexibility index (Phi) is 4.86. The summed E-state index contributed by atoms with van der Waals surface area (Å²) in [7, 11) is 0. The van der Waals surface area contributed by atoms with Crippen molar-refractivity contribution in [2.24, 2.45) is 0 Å². The summed E-state index contributed by atoms with van der Waals surface area (Å²) in [6.45, 7) is 8.33. The molecule has 0 unspecified atom stereocenters. The number of piperidine rings is 1. The molecule has 0 saturated carbocycles. The van der Waals surface area contributed by atoms with Crippen LogP contribution in [0.4, 0.5) is 0 Å². The molecule has 0 bridgehead atoms. The highest BCUT2D eigenvalue weighted by Gasteiger charge is 2.26. The number of carbonyl (C=O) groups excluding carboxylic acids is 1. The zero-order chi connectivity index (χ0) is 19.0. The van der Waals surface area contributed by atoms with Crippen molar-refractivity contribution in [1.29, 1.82) is 0 Å². The van der Waals surface area contributed by atoms with Crippen LogP contribution in [-0.4, -0.2) is 44.8 Å². The highest BCUT2D eigenvalue weighted by atomic mass is 32.1. The molecule has 142 valence electrons. The fraction of sp³-hybridized carbons (Fsp3) is 0.450. The number of rotatable bonds is 4. The summed E-state index contributed by atoms with van der Waals surface area (Å²) < 4.78 is 9.13. The molecule has 1 saturated heterocycles. The van der Waals surface area contributed by atoms with Crippen molar-refractivity contribution >= 4 is 27.5 Å². The molecule has 6 nitrogen and oxygen atoms in total. The number of hydrogen-bond donors (Lipinski definition) is 0. The maximum Gasteiger partial charge on any atom is 0.274 e. The van der Waals surface area contributed by atoms with E-state index >= 15 is 0 Å². The van der Waals surface area contributed by atoms with E-state index in [1.54, 1.807) is 22.1 Å². The van der Waals surface area contributed by atoms with Gasteiger partial charge in [-0.2, -0.15) is 5.10 Å². The van der Waals surface area contributed by atoms with Gasteiger partial charge in [0.25, 0.3) is 11.1 Å². The highest BCUT2D eigenvalue weighted by molar-refractivity contribution is 7.20. The van der Waals surface area contributed by atoms with E-state index in [0.29, 0.717) is 18.8 Å². The lowest BCUT2D eigenvalue weighted by Crippen LogP contribution is -2.42. The molecule has 0 aliphatic carbocycles. The first-order chi connectivity index (χ1) is 13.0. The van der Waals surface area contributed by atoms with E-state index in [0.717, 1.165) is 30.1 Å². The SMILES string of the molecule is CCn1ccc(C(=O)N2CCC(Oc3nc4c(C)ccc(C)c4s3)CC2)n1. The molecular formula is C20H24N4O2S. The predicted molar refractivity (Wildman–Crippen MR) is 107 cm³/mol. The average molecular weight is 385 g/mol. The van der Waals surface area contributed by atoms with E-state index in [-0.39, 0.29) is 12.0 Å². The Bertz CT molecular complexity index is 931. The summed E-state index contributed by atoms with van der Waals surface area (Å²) in [5.41, 5.74) is 3.96. The molecule has 3 heterocycles. The van der Waals surface area contributed by atoms with Crippen LogP contribution in [-0.2, 0) is 6.54 Å². The normalized spacial score (nSPS) is 15.4. The van der Waals surface area contributed by atoms with Gasteiger partial charge in [-0.15, -0.1) is 0 Å². The Labute approximate surface area is 162 Å². The van der Waals surface area contributed by atoms with E-state index in [1.165, 1.54) is 15.8 Å². The maximum absolute atomic E-state index is 12.6. The smallest absolute Gasteiger partial charge is 0.274 e. The number of thiazole rings is 1. The van der Waals surface area contributed by atoms with Crippen LogP contribution in [0.5, 0.6) is 5.19 Å². The van der Waals surface area contributed by atoms with Gasteiger partial charge in [-0.1, -0.05) is 23.5 Å². The second-order valence-corrected chi connectivity index (χ2v) is 7.98. The highest BCUT2D eigenvalue weighted by Crippen LogP contribution is 2.33. The van der Waals surface area contributed by atoms with Crippen LogP contribution in [0, 0.1) is 13.8 Å². The first-order valence-electron chi connectivity index (χ1n) is 9.41. The summed E-state index contributed by atoms with van der Waals surface area (Å²) in [4.78, 5) is 19.1. The third-order valence-electron chi connectivity index (χ3n) is 5.10. The number of carbonyl (C=O) groups is 1. The van der Waals surface area contributed by atoms with Crippen molar-refractivity contribution in [3.8, 4) is 5.19 Å². The van der Waals surface area contributed by atoms with Gasteiger partial charge in [-0.3, -0.25) is 9.48 Å². The molecule has 2 aromatic heterocycles. The lowest BCUT2D eigenvalue weighted by molar-refractivity contribution is 0.0589. The minimum absolute atomic E-state index is 0.00638. The van der Waals surface area contributed by atoms with Gasteiger partial charge in [0.05, 0.1) is 10.2 Å². The first kappa shape index (κ1) is 18.0. The van der Waals surface area contributed by atoms with Gasteiger partial charge in [0.2, 0.25) is 0 Å². The summed E-state index contributed by atoms with van der Waals surface area (Å²) in [5, 5.41) is 5.05. The van der Waals surface area contributed by atoms with Gasteiger partial charge < -0.3 is 9.64 Å². The van der Waals surface area contributed by atoms with Gasteiger partial charge in [0.1, 0.15) is 11.8 Å². The Balaban J connectivity index is 1.39. The van der Waals surface area contributed by atoms with Crippen molar-refractivity contribution < 1.29 is 9.53 Å². The fourth-order valence-electron chi connectivity index (χ4n) is 3.42. The summed E-state index contributed by atoms with van der Waals surface area (Å²) in [6, 6.07) is 6.02. The molecule has 1 aliphatic heterocycles. The summed E-state index contributed by atoms with van der Waals surface area (Å²) in [5.74, 6) is 0.00638. The van der Waals surface area contributed by atoms with Crippen LogP contribution in [0.25, 0.3) is 10.2 Å². The molecule has 3 aromatic rings. The zero-order valence-corrected chi connectivity index (χ0v) is 16.8. The predicted octanol–water partition coefficient (Wildman–Crippen LogP) is 3.81. The van der Waals surface area contributed by atoms with Crippen LogP contribution >= 0.6 is 11.3 Å². The van der Waals surface area contributed by atoms with E-state index in [4.69, 9.17) is 4.74 Å². The molecule has 0 spiro atoms. The summed E-state index contributed by atoms with van der Waals surface area (Å²) >= 11 is 1.61. The molecule has 1 aliphatic rings. The van der Waals surface area contributed by atoms with Crippen molar-refractivity contribution in [3.05, 3.63) is 41.2 Å². The molecule has 0 atom stereocenters. The number of ether oxygens (including phenoxy) is 1. The molecule has 0 N–H and O–H groups in total. The number of aryl methyl sites for hydroxylation is 3. The third kappa shape index (κ3) is 3.56. The molecule has 0 radical (unpaired) electrons. The van der Waals surface area contributed by atoms with Crippen LogP contribution in [0.15, 0.2) is 24.4 Å². The topological polar surface area (TPSA) is 60.2 Å². The first-order valence-corrected chi connectivity index (χ1v) is 10.2. The number of benzene rings is 1. The van der Waals surface area contributed by atoms with Crippen LogP contribution in [0.1, 0.15) is 41.4 Å². The van der Waals surface area contributed by atoms with Crippen molar-refractivity contribution in [2.45, 2.75) is 46.3 Å². The Morgan fingerprint density at radius 1 is 1.22 bits per heavy atom. The van der Waals surface area contributed by atoms with E-state index in [9.17, 15) is 4.79 Å². The lowest BCUT2D eigenvalue weighted by Gasteiger charge is -2.31. The number of aromatic nitrogens is 3. The van der Waals surface area contributed by atoms with E-state index in [1.807, 2.05) is 18.0 Å². The fourth-order valence-corrected chi connectivity index (χ4v) is 4.45. The molecule has 4 rings (SSSR count). The van der Waals surface area contributed by atoms with Crippen molar-refractivity contribution in [2.75, 3.05) is 13.1 Å². The second kappa shape index (κ2) is 7.31. The van der Waals surface area contributed by atoms with Gasteiger partial charge >= 0.3 is 0 Å². The van der Waals surface area contributed by atoms with Crippen LogP contribution in [0.2, 0.25) is 0 Å². The number of hydrogen-bond acceptors (Lipinski definition) is 5. The lowest BCUT2D eigenvalue weighted by atomic mass is 10.1. The maximum atomic E-state index is 12.6. The third-order valence-corrected chi connectivity index (χ3v) is 6.18. The minimum Gasteiger partial charge on any atom is -0.467 e. The summed E-state index contributed by atoms with van der Waals surface area (Å²) in [6.07, 6.45) is 3.58. The van der Waals surface area contributed by atoms with Crippen LogP contribution < -0.4 is 4.74 Å². The molecular weight excluding hydrogens is 360 g/mol. The van der Waals surface area contributed by atoms with E-state index < -0.39 is 0 Å². The standard InChI is InChI=1S/C20H24N4O2S/c1-4-24-12-9-16(22-24)19(25)23-10-7-15(8-11-23)26-20-21-17-13(2)5-6-14(3)18(17)27-20/h5-6,9,12,15H,4,7-8,10-11H2,1-3H3. The quantitative estimate of drug-likeness (QED) is 0.686. The Hall–Kier alpha value is -2.41. The molecule has 1 aromatic carbocycles. The average Bonchev–Trinajstić information content (AvgIpc) is 3.32. The molecule has 7 heteroatoms. The van der Waals surface area contributed by atoms with Gasteiger partial charge in [0.15, 0.2) is 0 Å². The largest absolute Gasteiger partial charge is 0.467 e. The monoisotopic (exact) mass is 384 g/mol. The van der Waals surface area contributed by atoms with Crippen LogP contribution in [0.3, 0.4) is 0 Å². The number of amides is 1. The van der Waals surface area contributed by atoms with E-state index in [2.05, 4.69) is 36.1 Å². The Morgan fingerprint density at radius 2 is 1.96 bits per heavy atom. The molecule has 1 amide bonds. The number of fused-ring (bicyclic) bond motifs is 1. The van der Waals surface area contributed by atoms with Crippen molar-refractivity contribution in [3.63, 3.8) is 0 Å². The Morgan fingerprint density at radius 3 is 2.63 bits per heavy atom. The van der Waals surface area contributed by atoms with Gasteiger partial charge in [-0.25, -0.2) is 4.98 Å². The molecule has 1 fully saturated rings. The zero-order valence-electron chi connectivity index (χ0n) is 15.9. The van der Waals surface area contributed by atoms with Gasteiger partial charge in [-0.05, 0) is 38.0 Å². The molecule has 27 heavy (non-hydrogen) atoms. The van der Waals surface area contributed by atoms with Crippen molar-refractivity contribution in [1.82, 2.24) is 19.7 Å². The number of nitrogens with zero attached hydrogens (tertiary/aromatic N) is 4. The van der Waals surface area contributed by atoms with Gasteiger partial charge in [0, 0.05) is 38.7 Å².